The van der Waals surface area contributed by atoms with Gasteiger partial charge in [0.1, 0.15) is 0 Å². The Morgan fingerprint density at radius 3 is 2.26 bits per heavy atom. The number of hydrogen-bond acceptors (Lipinski definition) is 2. The second kappa shape index (κ2) is 6.06. The van der Waals surface area contributed by atoms with Gasteiger partial charge in [-0.25, -0.2) is 0 Å². The summed E-state index contributed by atoms with van der Waals surface area (Å²) in [6.45, 7) is 2.96. The highest BCUT2D eigenvalue weighted by Gasteiger charge is 2.44. The van der Waals surface area contributed by atoms with E-state index < -0.39 is 24.6 Å². The molecule has 106 valence electrons. The third-order valence-corrected chi connectivity index (χ3v) is 2.90. The average molecular weight is 275 g/mol. The van der Waals surface area contributed by atoms with Crippen LogP contribution in [0.4, 0.5) is 13.2 Å². The summed E-state index contributed by atoms with van der Waals surface area (Å²) in [7, 11) is 0. The number of carboxylic acid groups (broad SMARTS) is 1. The van der Waals surface area contributed by atoms with E-state index in [0.717, 1.165) is 11.1 Å². The minimum Gasteiger partial charge on any atom is -0.481 e. The molecule has 0 aliphatic rings. The van der Waals surface area contributed by atoms with E-state index in [1.807, 2.05) is 19.1 Å². The first kappa shape index (κ1) is 15.5. The molecule has 1 rings (SSSR count). The molecule has 3 nitrogen and oxygen atoms in total. The summed E-state index contributed by atoms with van der Waals surface area (Å²) in [6.07, 6.45) is -4.74. The number of benzene rings is 1. The van der Waals surface area contributed by atoms with Crippen LogP contribution in [-0.4, -0.2) is 23.8 Å². The predicted octanol–water partition coefficient (Wildman–Crippen LogP) is 2.91. The molecule has 0 saturated carbocycles. The summed E-state index contributed by atoms with van der Waals surface area (Å²) in [6, 6.07) is 6.97. The molecule has 1 aromatic rings. The van der Waals surface area contributed by atoms with Crippen LogP contribution in [0.3, 0.4) is 0 Å². The second-order valence-electron chi connectivity index (χ2n) is 4.47. The molecule has 0 bridgehead atoms. The lowest BCUT2D eigenvalue weighted by molar-refractivity contribution is -0.192. The van der Waals surface area contributed by atoms with Crippen molar-refractivity contribution in [1.82, 2.24) is 5.32 Å². The fourth-order valence-electron chi connectivity index (χ4n) is 1.61. The number of nitrogens with one attached hydrogen (secondary N) is 1. The van der Waals surface area contributed by atoms with Gasteiger partial charge in [-0.3, -0.25) is 4.79 Å². The number of carbonyl (C=O) groups is 1. The molecule has 0 radical (unpaired) electrons. The largest absolute Gasteiger partial charge is 0.481 e. The van der Waals surface area contributed by atoms with E-state index in [2.05, 4.69) is 5.32 Å². The number of carboxylic acids is 1. The van der Waals surface area contributed by atoms with Crippen molar-refractivity contribution in [3.63, 3.8) is 0 Å². The molecule has 0 aliphatic carbocycles. The number of alkyl halides is 3. The average Bonchev–Trinajstić information content (AvgIpc) is 2.27. The SMILES string of the molecule is Cc1ccc(C(C)NCC(C(=O)O)C(F)(F)F)cc1. The summed E-state index contributed by atoms with van der Waals surface area (Å²) < 4.78 is 37.4. The maximum Gasteiger partial charge on any atom is 0.403 e. The molecule has 1 aromatic carbocycles. The molecule has 0 aliphatic heterocycles. The van der Waals surface area contributed by atoms with E-state index >= 15 is 0 Å². The Labute approximate surface area is 109 Å². The van der Waals surface area contributed by atoms with E-state index in [-0.39, 0.29) is 6.04 Å². The van der Waals surface area contributed by atoms with Crippen LogP contribution in [0.1, 0.15) is 24.1 Å². The number of rotatable bonds is 5. The topological polar surface area (TPSA) is 49.3 Å². The Morgan fingerprint density at radius 1 is 1.32 bits per heavy atom. The van der Waals surface area contributed by atoms with Gasteiger partial charge in [0.05, 0.1) is 0 Å². The normalized spacial score (nSPS) is 15.0. The molecule has 19 heavy (non-hydrogen) atoms. The zero-order valence-electron chi connectivity index (χ0n) is 10.7. The smallest absolute Gasteiger partial charge is 0.403 e. The zero-order valence-corrected chi connectivity index (χ0v) is 10.7. The van der Waals surface area contributed by atoms with Gasteiger partial charge >= 0.3 is 12.1 Å². The van der Waals surface area contributed by atoms with Crippen molar-refractivity contribution in [1.29, 1.82) is 0 Å². The lowest BCUT2D eigenvalue weighted by atomic mass is 10.0. The molecular formula is C13H16F3NO2. The Bertz CT molecular complexity index is 429. The van der Waals surface area contributed by atoms with Crippen LogP contribution >= 0.6 is 0 Å². The monoisotopic (exact) mass is 275 g/mol. The van der Waals surface area contributed by atoms with Gasteiger partial charge in [0.2, 0.25) is 0 Å². The molecule has 2 unspecified atom stereocenters. The highest BCUT2D eigenvalue weighted by Crippen LogP contribution is 2.26. The Hall–Kier alpha value is -1.56. The summed E-state index contributed by atoms with van der Waals surface area (Å²) in [5.74, 6) is -4.25. The van der Waals surface area contributed by atoms with Gasteiger partial charge in [-0.05, 0) is 19.4 Å². The molecule has 2 atom stereocenters. The lowest BCUT2D eigenvalue weighted by Crippen LogP contribution is -2.39. The van der Waals surface area contributed by atoms with E-state index in [1.54, 1.807) is 19.1 Å². The molecule has 6 heteroatoms. The maximum absolute atomic E-state index is 12.5. The highest BCUT2D eigenvalue weighted by atomic mass is 19.4. The van der Waals surface area contributed by atoms with Gasteiger partial charge in [-0.2, -0.15) is 13.2 Å². The first-order valence-electron chi connectivity index (χ1n) is 5.81. The van der Waals surface area contributed by atoms with Crippen molar-refractivity contribution >= 4 is 5.97 Å². The van der Waals surface area contributed by atoms with Gasteiger partial charge in [0, 0.05) is 12.6 Å². The van der Waals surface area contributed by atoms with E-state index in [0.29, 0.717) is 0 Å². The quantitative estimate of drug-likeness (QED) is 0.868. The van der Waals surface area contributed by atoms with Crippen molar-refractivity contribution in [2.75, 3.05) is 6.54 Å². The molecule has 2 N–H and O–H groups in total. The second-order valence-corrected chi connectivity index (χ2v) is 4.47. The molecule has 0 spiro atoms. The fourth-order valence-corrected chi connectivity index (χ4v) is 1.61. The molecular weight excluding hydrogens is 259 g/mol. The summed E-state index contributed by atoms with van der Waals surface area (Å²) in [5, 5.41) is 11.2. The summed E-state index contributed by atoms with van der Waals surface area (Å²) >= 11 is 0. The Morgan fingerprint density at radius 2 is 1.84 bits per heavy atom. The fraction of sp³-hybridized carbons (Fsp3) is 0.462. The van der Waals surface area contributed by atoms with Crippen molar-refractivity contribution < 1.29 is 23.1 Å². The van der Waals surface area contributed by atoms with Crippen LogP contribution in [0.25, 0.3) is 0 Å². The van der Waals surface area contributed by atoms with Crippen molar-refractivity contribution in [3.8, 4) is 0 Å². The third kappa shape index (κ3) is 4.55. The van der Waals surface area contributed by atoms with Crippen molar-refractivity contribution in [2.24, 2.45) is 5.92 Å². The van der Waals surface area contributed by atoms with Crippen LogP contribution in [0, 0.1) is 12.8 Å². The van der Waals surface area contributed by atoms with E-state index in [4.69, 9.17) is 5.11 Å². The predicted molar refractivity (Wildman–Crippen MR) is 64.8 cm³/mol. The van der Waals surface area contributed by atoms with Crippen LogP contribution in [0.2, 0.25) is 0 Å². The molecule has 0 saturated heterocycles. The molecule has 0 amide bonds. The Kier molecular flexibility index (Phi) is 4.94. The first-order valence-corrected chi connectivity index (χ1v) is 5.81. The lowest BCUT2D eigenvalue weighted by Gasteiger charge is -2.20. The van der Waals surface area contributed by atoms with Gasteiger partial charge < -0.3 is 10.4 Å². The maximum atomic E-state index is 12.5. The van der Waals surface area contributed by atoms with Gasteiger partial charge in [-0.1, -0.05) is 29.8 Å². The minimum absolute atomic E-state index is 0.343. The number of hydrogen-bond donors (Lipinski definition) is 2. The number of aliphatic carboxylic acids is 1. The van der Waals surface area contributed by atoms with Crippen LogP contribution < -0.4 is 5.32 Å². The van der Waals surface area contributed by atoms with Gasteiger partial charge in [0.15, 0.2) is 5.92 Å². The number of halogens is 3. The van der Waals surface area contributed by atoms with E-state index in [9.17, 15) is 18.0 Å². The highest BCUT2D eigenvalue weighted by molar-refractivity contribution is 5.71. The van der Waals surface area contributed by atoms with Gasteiger partial charge in [0.25, 0.3) is 0 Å². The van der Waals surface area contributed by atoms with E-state index in [1.165, 1.54) is 0 Å². The molecule has 0 fully saturated rings. The summed E-state index contributed by atoms with van der Waals surface area (Å²) in [5.41, 5.74) is 1.87. The van der Waals surface area contributed by atoms with Crippen LogP contribution in [0.15, 0.2) is 24.3 Å². The van der Waals surface area contributed by atoms with Gasteiger partial charge in [-0.15, -0.1) is 0 Å². The first-order chi connectivity index (χ1) is 8.71. The number of aryl methyl sites for hydroxylation is 1. The summed E-state index contributed by atoms with van der Waals surface area (Å²) in [4.78, 5) is 10.6. The van der Waals surface area contributed by atoms with Crippen molar-refractivity contribution in [3.05, 3.63) is 35.4 Å². The molecule has 0 heterocycles. The molecule has 0 aromatic heterocycles. The standard InChI is InChI=1S/C13H16F3NO2/c1-8-3-5-10(6-4-8)9(2)17-7-11(12(18)19)13(14,15)16/h3-6,9,11,17H,7H2,1-2H3,(H,18,19). The Balaban J connectivity index is 2.64. The van der Waals surface area contributed by atoms with Crippen molar-refractivity contribution in [2.45, 2.75) is 26.1 Å². The van der Waals surface area contributed by atoms with Crippen LogP contribution in [0.5, 0.6) is 0 Å². The zero-order chi connectivity index (χ0) is 14.6. The minimum atomic E-state index is -4.74. The third-order valence-electron chi connectivity index (χ3n) is 2.90. The van der Waals surface area contributed by atoms with Crippen LogP contribution in [-0.2, 0) is 4.79 Å².